The Hall–Kier alpha value is -2.30. The van der Waals surface area contributed by atoms with Gasteiger partial charge in [0.1, 0.15) is 11.5 Å². The lowest BCUT2D eigenvalue weighted by Gasteiger charge is -2.20. The third kappa shape index (κ3) is 2.52. The number of anilines is 2. The van der Waals surface area contributed by atoms with Gasteiger partial charge in [0, 0.05) is 19.3 Å². The molecule has 1 amide bonds. The molecule has 2 aromatic rings. The highest BCUT2D eigenvalue weighted by Crippen LogP contribution is 2.22. The molecule has 1 heterocycles. The lowest BCUT2D eigenvalue weighted by atomic mass is 10.2. The van der Waals surface area contributed by atoms with Crippen molar-refractivity contribution in [2.75, 3.05) is 17.7 Å². The number of rotatable bonds is 3. The molecule has 106 valence electrons. The number of benzene rings is 1. The summed E-state index contributed by atoms with van der Waals surface area (Å²) in [5.74, 6) is -0.723. The topological polar surface area (TPSA) is 51.3 Å². The Kier molecular flexibility index (Phi) is 3.79. The quantitative estimate of drug-likeness (QED) is 0.936. The van der Waals surface area contributed by atoms with Gasteiger partial charge >= 0.3 is 0 Å². The third-order valence-corrected chi connectivity index (χ3v) is 3.16. The minimum Gasteiger partial charge on any atom is -0.397 e. The van der Waals surface area contributed by atoms with E-state index in [-0.39, 0.29) is 17.6 Å². The van der Waals surface area contributed by atoms with Gasteiger partial charge in [0.25, 0.3) is 5.91 Å². The van der Waals surface area contributed by atoms with Crippen molar-refractivity contribution >= 4 is 17.3 Å². The van der Waals surface area contributed by atoms with E-state index in [4.69, 9.17) is 5.73 Å². The second-order valence-electron chi connectivity index (χ2n) is 4.98. The number of aromatic nitrogens is 1. The van der Waals surface area contributed by atoms with Crippen LogP contribution in [0.15, 0.2) is 36.5 Å². The molecule has 0 spiro atoms. The number of para-hydroxylation sites is 1. The van der Waals surface area contributed by atoms with Crippen molar-refractivity contribution in [1.29, 1.82) is 0 Å². The number of nitrogens with two attached hydrogens (primary N) is 1. The lowest BCUT2D eigenvalue weighted by Crippen LogP contribution is -2.29. The first-order valence-corrected chi connectivity index (χ1v) is 6.41. The van der Waals surface area contributed by atoms with Crippen LogP contribution in [0.2, 0.25) is 0 Å². The second-order valence-corrected chi connectivity index (χ2v) is 4.98. The van der Waals surface area contributed by atoms with Gasteiger partial charge in [-0.15, -0.1) is 0 Å². The summed E-state index contributed by atoms with van der Waals surface area (Å²) in [7, 11) is 1.55. The summed E-state index contributed by atoms with van der Waals surface area (Å²) in [6, 6.07) is 7.89. The first-order valence-electron chi connectivity index (χ1n) is 6.41. The molecule has 2 rings (SSSR count). The summed E-state index contributed by atoms with van der Waals surface area (Å²) in [6.07, 6.45) is 1.72. The maximum Gasteiger partial charge on any atom is 0.274 e. The predicted molar refractivity (Wildman–Crippen MR) is 78.4 cm³/mol. The molecule has 0 aliphatic heterocycles. The van der Waals surface area contributed by atoms with Crippen molar-refractivity contribution in [3.05, 3.63) is 48.0 Å². The van der Waals surface area contributed by atoms with Gasteiger partial charge in [0.05, 0.1) is 11.4 Å². The monoisotopic (exact) mass is 275 g/mol. The minimum atomic E-state index is -0.432. The molecule has 1 aromatic heterocycles. The van der Waals surface area contributed by atoms with Gasteiger partial charge in [-0.3, -0.25) is 4.79 Å². The number of nitrogens with zero attached hydrogens (tertiary/aromatic N) is 2. The summed E-state index contributed by atoms with van der Waals surface area (Å²) in [5.41, 5.74) is 6.97. The summed E-state index contributed by atoms with van der Waals surface area (Å²) in [4.78, 5) is 13.8. The SMILES string of the molecule is CC(C)n1cc(N)cc1C(=O)N(C)c1ccccc1F. The van der Waals surface area contributed by atoms with Crippen LogP contribution in [0.4, 0.5) is 15.8 Å². The molecule has 5 heteroatoms. The fourth-order valence-electron chi connectivity index (χ4n) is 2.10. The van der Waals surface area contributed by atoms with E-state index in [9.17, 15) is 9.18 Å². The van der Waals surface area contributed by atoms with Crippen LogP contribution in [0.5, 0.6) is 0 Å². The van der Waals surface area contributed by atoms with E-state index in [2.05, 4.69) is 0 Å². The second kappa shape index (κ2) is 5.36. The Morgan fingerprint density at radius 1 is 1.35 bits per heavy atom. The van der Waals surface area contributed by atoms with Crippen LogP contribution >= 0.6 is 0 Å². The number of hydrogen-bond donors (Lipinski definition) is 1. The molecule has 20 heavy (non-hydrogen) atoms. The summed E-state index contributed by atoms with van der Waals surface area (Å²) in [6.45, 7) is 3.92. The van der Waals surface area contributed by atoms with Crippen molar-refractivity contribution < 1.29 is 9.18 Å². The molecule has 1 aromatic carbocycles. The zero-order valence-corrected chi connectivity index (χ0v) is 11.8. The largest absolute Gasteiger partial charge is 0.397 e. The van der Waals surface area contributed by atoms with E-state index in [1.165, 1.54) is 11.0 Å². The van der Waals surface area contributed by atoms with Crippen LogP contribution in [-0.4, -0.2) is 17.5 Å². The van der Waals surface area contributed by atoms with Crippen molar-refractivity contribution in [2.24, 2.45) is 0 Å². The van der Waals surface area contributed by atoms with Crippen molar-refractivity contribution in [2.45, 2.75) is 19.9 Å². The summed E-state index contributed by atoms with van der Waals surface area (Å²) < 4.78 is 15.5. The number of halogens is 1. The Balaban J connectivity index is 2.39. The van der Waals surface area contributed by atoms with Crippen LogP contribution in [-0.2, 0) is 0 Å². The van der Waals surface area contributed by atoms with E-state index in [0.717, 1.165) is 0 Å². The van der Waals surface area contributed by atoms with E-state index in [0.29, 0.717) is 11.4 Å². The number of carbonyl (C=O) groups excluding carboxylic acids is 1. The van der Waals surface area contributed by atoms with Crippen LogP contribution < -0.4 is 10.6 Å². The van der Waals surface area contributed by atoms with Gasteiger partial charge in [-0.05, 0) is 32.0 Å². The minimum absolute atomic E-state index is 0.0975. The summed E-state index contributed by atoms with van der Waals surface area (Å²) in [5, 5.41) is 0. The van der Waals surface area contributed by atoms with E-state index in [1.54, 1.807) is 42.1 Å². The molecule has 0 aliphatic carbocycles. The molecular weight excluding hydrogens is 257 g/mol. The number of amides is 1. The fraction of sp³-hybridized carbons (Fsp3) is 0.267. The molecule has 0 bridgehead atoms. The Labute approximate surface area is 117 Å². The Morgan fingerprint density at radius 2 is 2.00 bits per heavy atom. The number of hydrogen-bond acceptors (Lipinski definition) is 2. The molecule has 0 unspecified atom stereocenters. The van der Waals surface area contributed by atoms with Gasteiger partial charge in [-0.1, -0.05) is 12.1 Å². The maximum absolute atomic E-state index is 13.8. The first kappa shape index (κ1) is 14.1. The first-order chi connectivity index (χ1) is 9.41. The zero-order valence-electron chi connectivity index (χ0n) is 11.8. The average Bonchev–Trinajstić information content (AvgIpc) is 2.80. The molecular formula is C15H18FN3O. The van der Waals surface area contributed by atoms with Crippen LogP contribution in [0, 0.1) is 5.82 Å². The molecule has 4 nitrogen and oxygen atoms in total. The standard InChI is InChI=1S/C15H18FN3O/c1-10(2)19-9-11(17)8-14(19)15(20)18(3)13-7-5-4-6-12(13)16/h4-10H,17H2,1-3H3. The van der Waals surface area contributed by atoms with Gasteiger partial charge in [0.15, 0.2) is 0 Å². The Morgan fingerprint density at radius 3 is 2.60 bits per heavy atom. The fourth-order valence-corrected chi connectivity index (χ4v) is 2.10. The van der Waals surface area contributed by atoms with Gasteiger partial charge in [0.2, 0.25) is 0 Å². The van der Waals surface area contributed by atoms with Crippen LogP contribution in [0.25, 0.3) is 0 Å². The Bertz CT molecular complexity index is 634. The van der Waals surface area contributed by atoms with E-state index in [1.807, 2.05) is 13.8 Å². The summed E-state index contributed by atoms with van der Waals surface area (Å²) >= 11 is 0. The smallest absolute Gasteiger partial charge is 0.274 e. The molecule has 0 radical (unpaired) electrons. The molecule has 0 atom stereocenters. The maximum atomic E-state index is 13.8. The average molecular weight is 275 g/mol. The van der Waals surface area contributed by atoms with Crippen LogP contribution in [0.1, 0.15) is 30.4 Å². The van der Waals surface area contributed by atoms with E-state index >= 15 is 0 Å². The predicted octanol–water partition coefficient (Wildman–Crippen LogP) is 3.07. The normalized spacial score (nSPS) is 10.8. The third-order valence-electron chi connectivity index (χ3n) is 3.16. The van der Waals surface area contributed by atoms with Crippen molar-refractivity contribution in [3.8, 4) is 0 Å². The van der Waals surface area contributed by atoms with Crippen molar-refractivity contribution in [1.82, 2.24) is 4.57 Å². The molecule has 0 saturated carbocycles. The highest BCUT2D eigenvalue weighted by atomic mass is 19.1. The number of carbonyl (C=O) groups is 1. The van der Waals surface area contributed by atoms with Gasteiger partial charge in [-0.2, -0.15) is 0 Å². The zero-order chi connectivity index (χ0) is 14.9. The molecule has 0 fully saturated rings. The number of nitrogen functional groups attached to an aromatic ring is 1. The van der Waals surface area contributed by atoms with Crippen LogP contribution in [0.3, 0.4) is 0 Å². The highest BCUT2D eigenvalue weighted by molar-refractivity contribution is 6.05. The molecule has 0 saturated heterocycles. The van der Waals surface area contributed by atoms with E-state index < -0.39 is 5.82 Å². The van der Waals surface area contributed by atoms with Crippen molar-refractivity contribution in [3.63, 3.8) is 0 Å². The van der Waals surface area contributed by atoms with Gasteiger partial charge < -0.3 is 15.2 Å². The van der Waals surface area contributed by atoms with Gasteiger partial charge in [-0.25, -0.2) is 4.39 Å². The highest BCUT2D eigenvalue weighted by Gasteiger charge is 2.21. The lowest BCUT2D eigenvalue weighted by molar-refractivity contribution is 0.0982. The molecule has 0 aliphatic rings. The molecule has 2 N–H and O–H groups in total.